The van der Waals surface area contributed by atoms with Crippen molar-refractivity contribution in [2.24, 2.45) is 57.2 Å². The van der Waals surface area contributed by atoms with Crippen LogP contribution in [0.2, 0.25) is 0 Å². The van der Waals surface area contributed by atoms with Gasteiger partial charge in [0.1, 0.15) is 11.8 Å². The Morgan fingerprint density at radius 3 is 1.51 bits per heavy atom. The summed E-state index contributed by atoms with van der Waals surface area (Å²) in [5.41, 5.74) is 0.0251. The summed E-state index contributed by atoms with van der Waals surface area (Å²) in [6.45, 7) is 16.8. The Labute approximate surface area is 347 Å². The number of carbonyl (C=O) groups is 6. The van der Waals surface area contributed by atoms with E-state index in [4.69, 9.17) is 23.7 Å². The number of esters is 3. The van der Waals surface area contributed by atoms with Crippen LogP contribution in [0, 0.1) is 57.2 Å². The van der Waals surface area contributed by atoms with Gasteiger partial charge in [-0.05, 0) is 79.4 Å². The Hall–Kier alpha value is -3.82. The van der Waals surface area contributed by atoms with Crippen molar-refractivity contribution in [1.29, 1.82) is 0 Å². The van der Waals surface area contributed by atoms with E-state index in [1.165, 1.54) is 0 Å². The second kappa shape index (κ2) is 19.3. The normalized spacial score (nSPS) is 33.9. The molecule has 59 heavy (non-hydrogen) atoms. The molecule has 4 N–H and O–H groups in total. The Morgan fingerprint density at radius 2 is 1.08 bits per heavy atom. The smallest absolute Gasteiger partial charge is 0.335 e. The summed E-state index contributed by atoms with van der Waals surface area (Å²) >= 11 is 0. The summed E-state index contributed by atoms with van der Waals surface area (Å²) in [6.07, 6.45) is 2.67. The van der Waals surface area contributed by atoms with Crippen LogP contribution in [0.4, 0.5) is 0 Å². The molecule has 0 bridgehead atoms. The zero-order valence-corrected chi connectivity index (χ0v) is 35.6. The van der Waals surface area contributed by atoms with Gasteiger partial charge in [0.25, 0.3) is 0 Å². The van der Waals surface area contributed by atoms with E-state index in [1.807, 2.05) is 6.92 Å². The van der Waals surface area contributed by atoms with Gasteiger partial charge >= 0.3 is 35.8 Å². The molecule has 0 aliphatic heterocycles. The molecule has 0 saturated heterocycles. The summed E-state index contributed by atoms with van der Waals surface area (Å²) in [5, 5.41) is 39.5. The van der Waals surface area contributed by atoms with E-state index in [1.54, 1.807) is 0 Å². The van der Waals surface area contributed by atoms with Crippen LogP contribution >= 0.6 is 0 Å². The Bertz CT molecular complexity index is 1620. The third-order valence-electron chi connectivity index (χ3n) is 15.1. The van der Waals surface area contributed by atoms with E-state index in [-0.39, 0.29) is 60.9 Å². The van der Waals surface area contributed by atoms with Gasteiger partial charge in [0.05, 0.1) is 46.9 Å². The Kier molecular flexibility index (Phi) is 15.6. The first-order valence-electron chi connectivity index (χ1n) is 20.8. The lowest BCUT2D eigenvalue weighted by Crippen LogP contribution is -2.54. The van der Waals surface area contributed by atoms with E-state index in [0.717, 1.165) is 51.0 Å². The van der Waals surface area contributed by atoms with Crippen LogP contribution in [-0.4, -0.2) is 109 Å². The summed E-state index contributed by atoms with van der Waals surface area (Å²) in [7, 11) is 2.21. The molecule has 332 valence electrons. The highest BCUT2D eigenvalue weighted by molar-refractivity contribution is 5.87. The van der Waals surface area contributed by atoms with Crippen LogP contribution in [0.3, 0.4) is 0 Å². The summed E-state index contributed by atoms with van der Waals surface area (Å²) in [4.78, 5) is 75.9. The topological polar surface area (TPSA) is 229 Å². The number of carboxylic acid groups (broad SMARTS) is 3. The first-order chi connectivity index (χ1) is 27.6. The van der Waals surface area contributed by atoms with E-state index < -0.39 is 83.5 Å². The molecule has 0 aromatic heterocycles. The van der Waals surface area contributed by atoms with Gasteiger partial charge in [0.15, 0.2) is 12.2 Å². The number of aliphatic hydroxyl groups is 1. The van der Waals surface area contributed by atoms with E-state index in [2.05, 4.69) is 33.9 Å². The van der Waals surface area contributed by atoms with Gasteiger partial charge in [-0.15, -0.1) is 0 Å². The van der Waals surface area contributed by atoms with Gasteiger partial charge in [0, 0.05) is 23.9 Å². The van der Waals surface area contributed by atoms with Gasteiger partial charge in [-0.3, -0.25) is 19.2 Å². The van der Waals surface area contributed by atoms with Gasteiger partial charge in [-0.25, -0.2) is 9.59 Å². The molecule has 4 saturated carbocycles. The number of fused-ring (bicyclic) bond motifs is 2. The van der Waals surface area contributed by atoms with Gasteiger partial charge in [-0.2, -0.15) is 0 Å². The van der Waals surface area contributed by atoms with Crippen molar-refractivity contribution in [3.05, 3.63) is 24.3 Å². The van der Waals surface area contributed by atoms with Crippen molar-refractivity contribution in [1.82, 2.24) is 0 Å². The van der Waals surface area contributed by atoms with Crippen LogP contribution in [0.25, 0.3) is 0 Å². The molecule has 4 rings (SSSR count). The maximum absolute atomic E-state index is 14.1. The first-order valence-corrected chi connectivity index (χ1v) is 20.8. The van der Waals surface area contributed by atoms with Crippen molar-refractivity contribution in [3.8, 4) is 0 Å². The number of hydrogen-bond acceptors (Lipinski definition) is 12. The predicted octanol–water partition coefficient (Wildman–Crippen LogP) is 5.46. The lowest BCUT2D eigenvalue weighted by Gasteiger charge is -2.58. The molecule has 15 nitrogen and oxygen atoms in total. The highest BCUT2D eigenvalue weighted by atomic mass is 16.6. The van der Waals surface area contributed by atoms with Crippen LogP contribution in [0.1, 0.15) is 105 Å². The van der Waals surface area contributed by atoms with Crippen LogP contribution in [0.5, 0.6) is 0 Å². The van der Waals surface area contributed by atoms with Crippen LogP contribution in [-0.2, 0) is 52.5 Å². The number of rotatable bonds is 19. The molecule has 0 aromatic rings. The minimum absolute atomic E-state index is 0.00233. The van der Waals surface area contributed by atoms with Crippen LogP contribution < -0.4 is 0 Å². The molecule has 0 spiro atoms. The van der Waals surface area contributed by atoms with E-state index in [0.29, 0.717) is 38.5 Å². The lowest BCUT2D eigenvalue weighted by molar-refractivity contribution is -0.181. The summed E-state index contributed by atoms with van der Waals surface area (Å²) < 4.78 is 28.1. The quantitative estimate of drug-likeness (QED) is 0.0719. The van der Waals surface area contributed by atoms with E-state index >= 15 is 0 Å². The molecule has 0 radical (unpaired) electrons. The number of ether oxygens (including phenoxy) is 5. The fraction of sp³-hybridized carbons (Fsp3) is 0.773. The fourth-order valence-electron chi connectivity index (χ4n) is 11.8. The van der Waals surface area contributed by atoms with Crippen molar-refractivity contribution < 1.29 is 72.9 Å². The number of aliphatic carboxylic acids is 3. The Morgan fingerprint density at radius 1 is 0.661 bits per heavy atom. The molecule has 0 heterocycles. The Balaban J connectivity index is 1.54. The molecule has 12 unspecified atom stereocenters. The van der Waals surface area contributed by atoms with Gasteiger partial charge in [-0.1, -0.05) is 64.8 Å². The highest BCUT2D eigenvalue weighted by Crippen LogP contribution is 2.62. The fourth-order valence-corrected chi connectivity index (χ4v) is 11.8. The largest absolute Gasteiger partial charge is 0.481 e. The second-order valence-corrected chi connectivity index (χ2v) is 18.7. The number of aliphatic hydroxyl groups excluding tert-OH is 1. The monoisotopic (exact) mass is 834 g/mol. The average molecular weight is 835 g/mol. The molecule has 0 aromatic carbocycles. The summed E-state index contributed by atoms with van der Waals surface area (Å²) in [5.74, 6) is -10.8. The van der Waals surface area contributed by atoms with Crippen molar-refractivity contribution in [2.75, 3.05) is 40.6 Å². The number of hydrogen-bond donors (Lipinski definition) is 4. The first kappa shape index (κ1) is 47.9. The standard InChI is InChI=1S/C44H66O15/c1-25-11-13-31-41(3,23-45)15-9-17-43(31,5)29(25)22-58-36(40(54)56-8)28(20-34(48)49)38(52)59-24-42(4)16-10-18-44(6)30(26(2)12-14-32(42)44)21-57-35(39(53)55-7)27(37(50)51)19-33(46)47/h27-32,35-36,45H,1-2,9-24H2,3-8H3,(H,46,47)(H,48,49)(H,50,51). The molecule has 12 atom stereocenters. The van der Waals surface area contributed by atoms with Crippen LogP contribution in [0.15, 0.2) is 24.3 Å². The predicted molar refractivity (Wildman–Crippen MR) is 212 cm³/mol. The lowest BCUT2D eigenvalue weighted by atomic mass is 9.47. The molecule has 0 amide bonds. The maximum Gasteiger partial charge on any atom is 0.335 e. The van der Waals surface area contributed by atoms with E-state index in [9.17, 15) is 49.2 Å². The maximum atomic E-state index is 14.1. The number of carbonyl (C=O) groups excluding carboxylic acids is 3. The SMILES string of the molecule is C=C1CCC2C(C)(CO)CCCC2(C)C1COC(C(=O)OC)C(CC(=O)O)C(=O)OCC1(C)CCCC2(C)C(COC(C(=O)OC)C(CC(=O)O)C(=O)O)C(=C)CCC12. The third kappa shape index (κ3) is 10.0. The minimum atomic E-state index is -1.69. The zero-order valence-electron chi connectivity index (χ0n) is 35.6. The molecular weight excluding hydrogens is 768 g/mol. The molecule has 4 aliphatic rings. The van der Waals surface area contributed by atoms with Crippen molar-refractivity contribution >= 4 is 35.8 Å². The minimum Gasteiger partial charge on any atom is -0.481 e. The molecule has 4 aliphatic carbocycles. The third-order valence-corrected chi connectivity index (χ3v) is 15.1. The second-order valence-electron chi connectivity index (χ2n) is 18.7. The highest BCUT2D eigenvalue weighted by Gasteiger charge is 2.57. The molecule has 4 fully saturated rings. The average Bonchev–Trinajstić information content (AvgIpc) is 3.16. The number of carboxylic acids is 3. The molecule has 15 heteroatoms. The van der Waals surface area contributed by atoms with Crippen molar-refractivity contribution in [2.45, 2.75) is 117 Å². The van der Waals surface area contributed by atoms with Gasteiger partial charge in [0.2, 0.25) is 0 Å². The zero-order chi connectivity index (χ0) is 44.1. The molecular formula is C44H66O15. The van der Waals surface area contributed by atoms with Gasteiger partial charge < -0.3 is 44.1 Å². The number of methoxy groups -OCH3 is 2. The van der Waals surface area contributed by atoms with Crippen molar-refractivity contribution in [3.63, 3.8) is 0 Å². The summed E-state index contributed by atoms with van der Waals surface area (Å²) in [6, 6.07) is 0.